The van der Waals surface area contributed by atoms with E-state index >= 15 is 0 Å². The van der Waals surface area contributed by atoms with Crippen LogP contribution in [-0.2, 0) is 4.74 Å². The van der Waals surface area contributed by atoms with Crippen molar-refractivity contribution in [2.45, 2.75) is 39.2 Å². The summed E-state index contributed by atoms with van der Waals surface area (Å²) in [5, 5.41) is 0. The highest BCUT2D eigenvalue weighted by atomic mass is 16.5. The Labute approximate surface area is 75.5 Å². The van der Waals surface area contributed by atoms with Crippen LogP contribution in [-0.4, -0.2) is 19.3 Å². The molecule has 2 heteroatoms. The Morgan fingerprint density at radius 1 is 1.58 bits per heavy atom. The van der Waals surface area contributed by atoms with Crippen LogP contribution in [0, 0.1) is 11.8 Å². The van der Waals surface area contributed by atoms with Gasteiger partial charge in [-0.25, -0.2) is 0 Å². The van der Waals surface area contributed by atoms with E-state index in [9.17, 15) is 0 Å². The molecule has 0 amide bonds. The molecule has 1 saturated heterocycles. The normalized spacial score (nSPS) is 32.2. The van der Waals surface area contributed by atoms with Gasteiger partial charge in [-0.1, -0.05) is 20.3 Å². The molecule has 2 N–H and O–H groups in total. The Morgan fingerprint density at radius 2 is 2.33 bits per heavy atom. The predicted octanol–water partition coefficient (Wildman–Crippen LogP) is 1.79. The molecule has 1 rings (SSSR count). The Balaban J connectivity index is 2.38. The molecule has 1 aliphatic heterocycles. The first kappa shape index (κ1) is 10.0. The quantitative estimate of drug-likeness (QED) is 0.700. The van der Waals surface area contributed by atoms with E-state index in [2.05, 4.69) is 13.8 Å². The van der Waals surface area contributed by atoms with Gasteiger partial charge in [0.2, 0.25) is 0 Å². The topological polar surface area (TPSA) is 35.2 Å². The van der Waals surface area contributed by atoms with Gasteiger partial charge >= 0.3 is 0 Å². The molecule has 0 radical (unpaired) electrons. The van der Waals surface area contributed by atoms with E-state index in [1.807, 2.05) is 0 Å². The standard InChI is InChI=1S/C10H21NO/c1-3-4-8(2)10-9(7-11)5-6-12-10/h8-10H,3-7,11H2,1-2H3. The Hall–Kier alpha value is -0.0800. The van der Waals surface area contributed by atoms with Crippen LogP contribution >= 0.6 is 0 Å². The third kappa shape index (κ3) is 2.20. The van der Waals surface area contributed by atoms with Crippen molar-refractivity contribution in [1.29, 1.82) is 0 Å². The molecule has 2 nitrogen and oxygen atoms in total. The van der Waals surface area contributed by atoms with Gasteiger partial charge in [-0.05, 0) is 31.2 Å². The summed E-state index contributed by atoms with van der Waals surface area (Å²) in [5.41, 5.74) is 5.68. The molecular weight excluding hydrogens is 150 g/mol. The van der Waals surface area contributed by atoms with Gasteiger partial charge in [0.1, 0.15) is 0 Å². The molecule has 0 bridgehead atoms. The first-order valence-electron chi connectivity index (χ1n) is 5.11. The van der Waals surface area contributed by atoms with Crippen LogP contribution in [0.25, 0.3) is 0 Å². The molecule has 1 fully saturated rings. The van der Waals surface area contributed by atoms with Gasteiger partial charge in [0.05, 0.1) is 6.10 Å². The Bertz CT molecular complexity index is 127. The first-order chi connectivity index (χ1) is 5.79. The van der Waals surface area contributed by atoms with Gasteiger partial charge in [0.15, 0.2) is 0 Å². The minimum absolute atomic E-state index is 0.440. The Morgan fingerprint density at radius 3 is 2.92 bits per heavy atom. The average molecular weight is 171 g/mol. The number of hydrogen-bond donors (Lipinski definition) is 1. The second kappa shape index (κ2) is 4.83. The van der Waals surface area contributed by atoms with Gasteiger partial charge in [-0.2, -0.15) is 0 Å². The second-order valence-electron chi connectivity index (χ2n) is 3.89. The molecule has 12 heavy (non-hydrogen) atoms. The third-order valence-electron chi connectivity index (χ3n) is 2.87. The monoisotopic (exact) mass is 171 g/mol. The molecule has 0 aromatic heterocycles. The Kier molecular flexibility index (Phi) is 4.02. The van der Waals surface area contributed by atoms with E-state index in [1.54, 1.807) is 0 Å². The molecule has 3 unspecified atom stereocenters. The van der Waals surface area contributed by atoms with Crippen LogP contribution in [0.1, 0.15) is 33.1 Å². The van der Waals surface area contributed by atoms with E-state index in [0.29, 0.717) is 17.9 Å². The molecule has 0 spiro atoms. The van der Waals surface area contributed by atoms with Gasteiger partial charge in [0.25, 0.3) is 0 Å². The maximum atomic E-state index is 5.69. The molecule has 72 valence electrons. The van der Waals surface area contributed by atoms with Gasteiger partial charge < -0.3 is 10.5 Å². The van der Waals surface area contributed by atoms with Crippen molar-refractivity contribution in [3.05, 3.63) is 0 Å². The average Bonchev–Trinajstić information content (AvgIpc) is 2.51. The largest absolute Gasteiger partial charge is 0.378 e. The van der Waals surface area contributed by atoms with E-state index in [1.165, 1.54) is 12.8 Å². The van der Waals surface area contributed by atoms with Gasteiger partial charge in [-0.15, -0.1) is 0 Å². The second-order valence-corrected chi connectivity index (χ2v) is 3.89. The fourth-order valence-corrected chi connectivity index (χ4v) is 2.16. The first-order valence-corrected chi connectivity index (χ1v) is 5.11. The molecule has 0 saturated carbocycles. The van der Waals surface area contributed by atoms with Crippen molar-refractivity contribution in [3.8, 4) is 0 Å². The summed E-state index contributed by atoms with van der Waals surface area (Å²) in [4.78, 5) is 0. The van der Waals surface area contributed by atoms with Gasteiger partial charge in [0, 0.05) is 6.61 Å². The summed E-state index contributed by atoms with van der Waals surface area (Å²) in [6.07, 6.45) is 4.12. The van der Waals surface area contributed by atoms with E-state index in [0.717, 1.165) is 19.6 Å². The molecule has 1 heterocycles. The van der Waals surface area contributed by atoms with Crippen LogP contribution in [0.3, 0.4) is 0 Å². The lowest BCUT2D eigenvalue weighted by Gasteiger charge is -2.23. The maximum Gasteiger partial charge on any atom is 0.0641 e. The van der Waals surface area contributed by atoms with Crippen LogP contribution < -0.4 is 5.73 Å². The zero-order valence-electron chi connectivity index (χ0n) is 8.25. The van der Waals surface area contributed by atoms with Gasteiger partial charge in [-0.3, -0.25) is 0 Å². The van der Waals surface area contributed by atoms with E-state index in [-0.39, 0.29) is 0 Å². The lowest BCUT2D eigenvalue weighted by atomic mass is 9.89. The highest BCUT2D eigenvalue weighted by Gasteiger charge is 2.30. The van der Waals surface area contributed by atoms with Crippen molar-refractivity contribution >= 4 is 0 Å². The minimum atomic E-state index is 0.440. The fourth-order valence-electron chi connectivity index (χ4n) is 2.16. The van der Waals surface area contributed by atoms with Crippen molar-refractivity contribution in [3.63, 3.8) is 0 Å². The van der Waals surface area contributed by atoms with E-state index in [4.69, 9.17) is 10.5 Å². The van der Waals surface area contributed by atoms with Crippen LogP contribution in [0.2, 0.25) is 0 Å². The zero-order valence-corrected chi connectivity index (χ0v) is 8.25. The summed E-state index contributed by atoms with van der Waals surface area (Å²) in [7, 11) is 0. The molecule has 3 atom stereocenters. The summed E-state index contributed by atoms with van der Waals surface area (Å²) < 4.78 is 5.69. The smallest absolute Gasteiger partial charge is 0.0641 e. The van der Waals surface area contributed by atoms with Crippen molar-refractivity contribution < 1.29 is 4.74 Å². The molecule has 1 aliphatic rings. The number of ether oxygens (including phenoxy) is 1. The summed E-state index contributed by atoms with van der Waals surface area (Å²) in [6.45, 7) is 6.21. The summed E-state index contributed by atoms with van der Waals surface area (Å²) in [5.74, 6) is 1.30. The fraction of sp³-hybridized carbons (Fsp3) is 1.00. The zero-order chi connectivity index (χ0) is 8.97. The van der Waals surface area contributed by atoms with Crippen molar-refractivity contribution in [2.75, 3.05) is 13.2 Å². The van der Waals surface area contributed by atoms with Crippen molar-refractivity contribution in [1.82, 2.24) is 0 Å². The molecular formula is C10H21NO. The lowest BCUT2D eigenvalue weighted by molar-refractivity contribution is 0.0462. The highest BCUT2D eigenvalue weighted by Crippen LogP contribution is 2.28. The lowest BCUT2D eigenvalue weighted by Crippen LogP contribution is -2.29. The molecule has 0 aromatic rings. The highest BCUT2D eigenvalue weighted by molar-refractivity contribution is 4.80. The summed E-state index contributed by atoms with van der Waals surface area (Å²) >= 11 is 0. The van der Waals surface area contributed by atoms with Crippen LogP contribution in [0.15, 0.2) is 0 Å². The third-order valence-corrected chi connectivity index (χ3v) is 2.87. The predicted molar refractivity (Wildman–Crippen MR) is 51.0 cm³/mol. The van der Waals surface area contributed by atoms with Crippen LogP contribution in [0.5, 0.6) is 0 Å². The number of hydrogen-bond acceptors (Lipinski definition) is 2. The number of nitrogens with two attached hydrogens (primary N) is 1. The summed E-state index contributed by atoms with van der Waals surface area (Å²) in [6, 6.07) is 0. The van der Waals surface area contributed by atoms with Crippen molar-refractivity contribution in [2.24, 2.45) is 17.6 Å². The molecule has 0 aliphatic carbocycles. The van der Waals surface area contributed by atoms with Crippen LogP contribution in [0.4, 0.5) is 0 Å². The van der Waals surface area contributed by atoms with E-state index < -0.39 is 0 Å². The molecule has 0 aromatic carbocycles. The maximum absolute atomic E-state index is 5.69. The minimum Gasteiger partial charge on any atom is -0.378 e. The number of rotatable bonds is 4. The SMILES string of the molecule is CCCC(C)C1OCCC1CN.